The molecule has 2 amide bonds. The Kier molecular flexibility index (Phi) is 5.21. The third kappa shape index (κ3) is 4.41. The number of hydrogen-bond acceptors (Lipinski definition) is 5. The Hall–Kier alpha value is -2.76. The molecule has 0 unspecified atom stereocenters. The molecule has 0 aromatic heterocycles. The second kappa shape index (κ2) is 7.01. The Morgan fingerprint density at radius 3 is 2.60 bits per heavy atom. The number of carbonyl (C=O) groups excluding carboxylic acids is 2. The molecule has 0 fully saturated rings. The molecule has 1 atom stereocenters. The molecule has 1 heterocycles. The highest BCUT2D eigenvalue weighted by Crippen LogP contribution is 2.30. The molecular weight excluding hydrogens is 348 g/mol. The summed E-state index contributed by atoms with van der Waals surface area (Å²) in [6.45, 7) is -0.941. The van der Waals surface area contributed by atoms with Gasteiger partial charge in [-0.1, -0.05) is 12.1 Å². The first-order valence-corrected chi connectivity index (χ1v) is 6.94. The van der Waals surface area contributed by atoms with E-state index in [-0.39, 0.29) is 17.7 Å². The van der Waals surface area contributed by atoms with E-state index in [0.29, 0.717) is 5.56 Å². The lowest BCUT2D eigenvalue weighted by Crippen LogP contribution is -2.55. The van der Waals surface area contributed by atoms with Crippen LogP contribution in [0.5, 0.6) is 5.75 Å². The lowest BCUT2D eigenvalue weighted by molar-refractivity contribution is -0.173. The van der Waals surface area contributed by atoms with Crippen molar-refractivity contribution in [1.82, 2.24) is 10.6 Å². The number of aromatic carboxylic acids is 1. The van der Waals surface area contributed by atoms with Gasteiger partial charge in [0.05, 0.1) is 18.0 Å². The smallest absolute Gasteiger partial charge is 0.534 e. The van der Waals surface area contributed by atoms with Crippen molar-refractivity contribution in [3.05, 3.63) is 29.3 Å². The summed E-state index contributed by atoms with van der Waals surface area (Å²) in [5.41, 5.74) is 0.230. The number of carbonyl (C=O) groups is 3. The third-order valence-electron chi connectivity index (χ3n) is 3.36. The second-order valence-electron chi connectivity index (χ2n) is 5.17. The van der Waals surface area contributed by atoms with Crippen LogP contribution in [0.3, 0.4) is 0 Å². The molecule has 1 aliphatic heterocycles. The van der Waals surface area contributed by atoms with E-state index in [1.54, 1.807) is 0 Å². The highest BCUT2D eigenvalue weighted by molar-refractivity contribution is 6.47. The average Bonchev–Trinajstić information content (AvgIpc) is 2.51. The monoisotopic (exact) mass is 360 g/mol. The predicted octanol–water partition coefficient (Wildman–Crippen LogP) is -0.497. The second-order valence-corrected chi connectivity index (χ2v) is 5.17. The number of halogens is 3. The molecule has 134 valence electrons. The minimum atomic E-state index is -5.11. The number of carboxylic acids is 1. The number of benzene rings is 1. The summed E-state index contributed by atoms with van der Waals surface area (Å²) in [6.07, 6.45) is -5.11. The van der Waals surface area contributed by atoms with Crippen molar-refractivity contribution in [2.24, 2.45) is 0 Å². The summed E-state index contributed by atoms with van der Waals surface area (Å²) in [5.74, 6) is -5.56. The van der Waals surface area contributed by atoms with Crippen molar-refractivity contribution in [2.75, 3.05) is 6.54 Å². The highest BCUT2D eigenvalue weighted by Gasteiger charge is 2.40. The summed E-state index contributed by atoms with van der Waals surface area (Å²) < 4.78 is 41.2. The van der Waals surface area contributed by atoms with Crippen LogP contribution in [0.2, 0.25) is 0 Å². The molecule has 0 radical (unpaired) electrons. The normalized spacial score (nSPS) is 16.5. The van der Waals surface area contributed by atoms with Gasteiger partial charge in [0.25, 0.3) is 0 Å². The van der Waals surface area contributed by atoms with Gasteiger partial charge in [-0.05, 0) is 18.1 Å². The van der Waals surface area contributed by atoms with Gasteiger partial charge in [-0.2, -0.15) is 13.2 Å². The van der Waals surface area contributed by atoms with Gasteiger partial charge >= 0.3 is 25.2 Å². The quantitative estimate of drug-likeness (QED) is 0.537. The van der Waals surface area contributed by atoms with E-state index in [4.69, 9.17) is 9.76 Å². The van der Waals surface area contributed by atoms with Crippen LogP contribution in [-0.4, -0.2) is 53.7 Å². The fraction of sp³-hybridized carbons (Fsp3) is 0.308. The van der Waals surface area contributed by atoms with Crippen molar-refractivity contribution in [1.29, 1.82) is 0 Å². The first-order valence-electron chi connectivity index (χ1n) is 6.94. The van der Waals surface area contributed by atoms with E-state index in [1.807, 2.05) is 0 Å². The summed E-state index contributed by atoms with van der Waals surface area (Å²) in [7, 11) is -1.60. The van der Waals surface area contributed by atoms with Crippen molar-refractivity contribution in [2.45, 2.75) is 18.5 Å². The number of fused-ring (bicyclic) bond motifs is 1. The SMILES string of the molecule is O=C(CNC(=O)C(F)(F)F)N[C@H]1Cc2cccc(C(=O)O)c2OB1O. The molecular formula is C13H12BF3N2O6. The molecule has 1 aromatic carbocycles. The molecule has 4 N–H and O–H groups in total. The Labute approximate surface area is 139 Å². The number of para-hydroxylation sites is 1. The van der Waals surface area contributed by atoms with E-state index in [2.05, 4.69) is 5.32 Å². The van der Waals surface area contributed by atoms with E-state index < -0.39 is 43.6 Å². The van der Waals surface area contributed by atoms with Crippen LogP contribution in [-0.2, 0) is 16.0 Å². The zero-order valence-corrected chi connectivity index (χ0v) is 12.5. The summed E-state index contributed by atoms with van der Waals surface area (Å²) >= 11 is 0. The van der Waals surface area contributed by atoms with Crippen LogP contribution in [0.25, 0.3) is 0 Å². The predicted molar refractivity (Wildman–Crippen MR) is 76.7 cm³/mol. The van der Waals surface area contributed by atoms with Crippen LogP contribution < -0.4 is 15.3 Å². The zero-order valence-electron chi connectivity index (χ0n) is 12.5. The van der Waals surface area contributed by atoms with Gasteiger partial charge in [0, 0.05) is 0 Å². The van der Waals surface area contributed by atoms with Crippen molar-refractivity contribution in [3.63, 3.8) is 0 Å². The third-order valence-corrected chi connectivity index (χ3v) is 3.36. The summed E-state index contributed by atoms with van der Waals surface area (Å²) in [4.78, 5) is 33.4. The lowest BCUT2D eigenvalue weighted by atomic mass is 9.72. The first-order chi connectivity index (χ1) is 11.6. The fourth-order valence-corrected chi connectivity index (χ4v) is 2.23. The standard InChI is InChI=1S/C13H12BF3N2O6/c15-13(16,17)12(23)18-5-9(20)19-8-4-6-2-1-3-7(11(21)22)10(6)25-14(8)24/h1-3,8,24H,4-5H2,(H,18,23)(H,19,20)(H,21,22)/t8-/m0/s1. The molecule has 1 aromatic rings. The maximum absolute atomic E-state index is 12.0. The van der Waals surface area contributed by atoms with Crippen LogP contribution in [0.1, 0.15) is 15.9 Å². The molecule has 12 heteroatoms. The molecule has 2 rings (SSSR count). The van der Waals surface area contributed by atoms with Crippen LogP contribution in [0, 0.1) is 0 Å². The lowest BCUT2D eigenvalue weighted by Gasteiger charge is -2.28. The Morgan fingerprint density at radius 2 is 2.00 bits per heavy atom. The van der Waals surface area contributed by atoms with E-state index >= 15 is 0 Å². The molecule has 0 saturated carbocycles. The Morgan fingerprint density at radius 1 is 1.32 bits per heavy atom. The minimum Gasteiger partial charge on any atom is -0.534 e. The van der Waals surface area contributed by atoms with Gasteiger partial charge in [-0.3, -0.25) is 9.59 Å². The Balaban J connectivity index is 2.00. The molecule has 0 aliphatic carbocycles. The zero-order chi connectivity index (χ0) is 18.8. The van der Waals surface area contributed by atoms with Gasteiger partial charge in [-0.15, -0.1) is 0 Å². The highest BCUT2D eigenvalue weighted by atomic mass is 19.4. The van der Waals surface area contributed by atoms with E-state index in [1.165, 1.54) is 23.5 Å². The number of alkyl halides is 3. The van der Waals surface area contributed by atoms with Gasteiger partial charge in [0.15, 0.2) is 0 Å². The summed E-state index contributed by atoms with van der Waals surface area (Å²) in [5, 5.41) is 22.6. The first kappa shape index (κ1) is 18.6. The van der Waals surface area contributed by atoms with Crippen molar-refractivity contribution >= 4 is 24.9 Å². The van der Waals surface area contributed by atoms with Crippen molar-refractivity contribution in [3.8, 4) is 5.75 Å². The molecule has 0 bridgehead atoms. The number of amides is 2. The maximum atomic E-state index is 12.0. The average molecular weight is 360 g/mol. The number of rotatable bonds is 4. The van der Waals surface area contributed by atoms with Gasteiger partial charge < -0.3 is 25.4 Å². The van der Waals surface area contributed by atoms with Gasteiger partial charge in [0.2, 0.25) is 5.91 Å². The maximum Gasteiger partial charge on any atom is 0.547 e. The number of hydrogen-bond donors (Lipinski definition) is 4. The van der Waals surface area contributed by atoms with Crippen LogP contribution in [0.4, 0.5) is 13.2 Å². The molecule has 0 saturated heterocycles. The van der Waals surface area contributed by atoms with Gasteiger partial charge in [0.1, 0.15) is 5.75 Å². The fourth-order valence-electron chi connectivity index (χ4n) is 2.23. The molecule has 8 nitrogen and oxygen atoms in total. The molecule has 25 heavy (non-hydrogen) atoms. The van der Waals surface area contributed by atoms with Gasteiger partial charge in [-0.25, -0.2) is 4.79 Å². The van der Waals surface area contributed by atoms with Crippen LogP contribution in [0.15, 0.2) is 18.2 Å². The number of nitrogens with one attached hydrogen (secondary N) is 2. The topological polar surface area (TPSA) is 125 Å². The number of carboxylic acid groups (broad SMARTS) is 1. The largest absolute Gasteiger partial charge is 0.547 e. The van der Waals surface area contributed by atoms with E-state index in [9.17, 15) is 32.6 Å². The Bertz CT molecular complexity index is 711. The van der Waals surface area contributed by atoms with E-state index in [0.717, 1.165) is 0 Å². The van der Waals surface area contributed by atoms with Crippen molar-refractivity contribution < 1.29 is 42.3 Å². The summed E-state index contributed by atoms with van der Waals surface area (Å²) in [6, 6.07) is 4.25. The molecule has 0 spiro atoms. The van der Waals surface area contributed by atoms with Crippen LogP contribution >= 0.6 is 0 Å². The minimum absolute atomic E-state index is 0.00340. The molecule has 1 aliphatic rings.